The fraction of sp³-hybridized carbons (Fsp3) is 0.158. The van der Waals surface area contributed by atoms with Crippen molar-refractivity contribution in [1.29, 1.82) is 5.26 Å². The first-order valence-corrected chi connectivity index (χ1v) is 7.57. The quantitative estimate of drug-likeness (QED) is 0.779. The van der Waals surface area contributed by atoms with Crippen LogP contribution in [-0.4, -0.2) is 19.2 Å². The van der Waals surface area contributed by atoms with Gasteiger partial charge in [-0.05, 0) is 43.3 Å². The van der Waals surface area contributed by atoms with E-state index in [4.69, 9.17) is 19.6 Å². The third-order valence-electron chi connectivity index (χ3n) is 3.84. The minimum absolute atomic E-state index is 0.152. The second kappa shape index (κ2) is 6.57. The highest BCUT2D eigenvalue weighted by atomic mass is 16.5. The zero-order chi connectivity index (χ0) is 18.0. The minimum atomic E-state index is 0.152. The summed E-state index contributed by atoms with van der Waals surface area (Å²) in [5.74, 6) is 2.68. The van der Waals surface area contributed by atoms with Crippen molar-refractivity contribution < 1.29 is 13.9 Å². The van der Waals surface area contributed by atoms with Crippen LogP contribution in [0.5, 0.6) is 11.5 Å². The van der Waals surface area contributed by atoms with Crippen molar-refractivity contribution in [2.75, 3.05) is 20.0 Å². The molecule has 6 heteroatoms. The van der Waals surface area contributed by atoms with Gasteiger partial charge < -0.3 is 19.6 Å². The SMILES string of the molecule is COc1ccc(-c2cc(-c3ccc(C)o3)c(C#N)c(N)n2)cc1OC. The van der Waals surface area contributed by atoms with Gasteiger partial charge in [0, 0.05) is 11.1 Å². The van der Waals surface area contributed by atoms with Crippen molar-refractivity contribution in [2.24, 2.45) is 0 Å². The Kier molecular flexibility index (Phi) is 4.31. The molecule has 2 N–H and O–H groups in total. The minimum Gasteiger partial charge on any atom is -0.493 e. The standard InChI is InChI=1S/C19H17N3O3/c1-11-4-6-16(25-11)13-9-15(22-19(21)14(13)10-20)12-5-7-17(23-2)18(8-12)24-3/h4-9H,1-3H3,(H2,21,22). The topological polar surface area (TPSA) is 94.3 Å². The molecule has 3 aromatic rings. The summed E-state index contributed by atoms with van der Waals surface area (Å²) in [7, 11) is 3.14. The molecule has 3 rings (SSSR count). The number of ether oxygens (including phenoxy) is 2. The normalized spacial score (nSPS) is 10.3. The summed E-state index contributed by atoms with van der Waals surface area (Å²) >= 11 is 0. The zero-order valence-corrected chi connectivity index (χ0v) is 14.2. The van der Waals surface area contributed by atoms with Gasteiger partial charge in [0.2, 0.25) is 0 Å². The van der Waals surface area contributed by atoms with Gasteiger partial charge in [-0.2, -0.15) is 5.26 Å². The maximum absolute atomic E-state index is 9.43. The van der Waals surface area contributed by atoms with Crippen molar-refractivity contribution in [3.63, 3.8) is 0 Å². The van der Waals surface area contributed by atoms with E-state index in [9.17, 15) is 5.26 Å². The third kappa shape index (κ3) is 3.00. The lowest BCUT2D eigenvalue weighted by atomic mass is 10.0. The zero-order valence-electron chi connectivity index (χ0n) is 14.2. The van der Waals surface area contributed by atoms with Gasteiger partial charge in [-0.15, -0.1) is 0 Å². The van der Waals surface area contributed by atoms with Crippen molar-refractivity contribution in [3.8, 4) is 40.1 Å². The summed E-state index contributed by atoms with van der Waals surface area (Å²) in [6.07, 6.45) is 0. The van der Waals surface area contributed by atoms with Crippen LogP contribution in [0.3, 0.4) is 0 Å². The monoisotopic (exact) mass is 335 g/mol. The molecule has 6 nitrogen and oxygen atoms in total. The van der Waals surface area contributed by atoms with Crippen molar-refractivity contribution >= 4 is 5.82 Å². The summed E-state index contributed by atoms with van der Waals surface area (Å²) in [6, 6.07) is 13.0. The number of hydrogen-bond donors (Lipinski definition) is 1. The molecule has 0 radical (unpaired) electrons. The molecule has 0 amide bonds. The number of nitrogens with zero attached hydrogens (tertiary/aromatic N) is 2. The van der Waals surface area contributed by atoms with Crippen LogP contribution < -0.4 is 15.2 Å². The van der Waals surface area contributed by atoms with Crippen LogP contribution in [-0.2, 0) is 0 Å². The number of aryl methyl sites for hydroxylation is 1. The number of benzene rings is 1. The fourth-order valence-electron chi connectivity index (χ4n) is 2.60. The van der Waals surface area contributed by atoms with E-state index in [2.05, 4.69) is 11.1 Å². The number of rotatable bonds is 4. The maximum Gasteiger partial charge on any atom is 0.161 e. The van der Waals surface area contributed by atoms with Crippen molar-refractivity contribution in [3.05, 3.63) is 47.7 Å². The van der Waals surface area contributed by atoms with Gasteiger partial charge in [-0.1, -0.05) is 0 Å². The smallest absolute Gasteiger partial charge is 0.161 e. The van der Waals surface area contributed by atoms with Crippen LogP contribution in [0.4, 0.5) is 5.82 Å². The average Bonchev–Trinajstić information content (AvgIpc) is 3.06. The van der Waals surface area contributed by atoms with E-state index in [1.165, 1.54) is 0 Å². The number of pyridine rings is 1. The molecule has 0 aliphatic carbocycles. The molecule has 0 unspecified atom stereocenters. The summed E-state index contributed by atoms with van der Waals surface area (Å²) in [5, 5.41) is 9.43. The van der Waals surface area contributed by atoms with E-state index in [-0.39, 0.29) is 5.82 Å². The summed E-state index contributed by atoms with van der Waals surface area (Å²) < 4.78 is 16.3. The predicted octanol–water partition coefficient (Wildman–Crippen LogP) is 3.79. The van der Waals surface area contributed by atoms with Gasteiger partial charge in [0.15, 0.2) is 11.5 Å². The first kappa shape index (κ1) is 16.4. The number of furan rings is 1. The summed E-state index contributed by atoms with van der Waals surface area (Å²) in [6.45, 7) is 1.84. The molecule has 0 aliphatic heterocycles. The summed E-state index contributed by atoms with van der Waals surface area (Å²) in [5.41, 5.74) is 8.31. The lowest BCUT2D eigenvalue weighted by Gasteiger charge is -2.11. The van der Waals surface area contributed by atoms with E-state index in [0.717, 1.165) is 11.3 Å². The average molecular weight is 335 g/mol. The number of nitrogens with two attached hydrogens (primary N) is 1. The Balaban J connectivity index is 2.18. The predicted molar refractivity (Wildman–Crippen MR) is 94.3 cm³/mol. The van der Waals surface area contributed by atoms with Gasteiger partial charge in [0.05, 0.1) is 19.9 Å². The molecule has 2 heterocycles. The molecule has 0 fully saturated rings. The van der Waals surface area contributed by atoms with Crippen LogP contribution in [0.2, 0.25) is 0 Å². The van der Waals surface area contributed by atoms with E-state index in [1.807, 2.05) is 31.2 Å². The third-order valence-corrected chi connectivity index (χ3v) is 3.84. The van der Waals surface area contributed by atoms with Gasteiger partial charge in [-0.25, -0.2) is 4.98 Å². The number of nitrogen functional groups attached to an aromatic ring is 1. The largest absolute Gasteiger partial charge is 0.493 e. The van der Waals surface area contributed by atoms with E-state index < -0.39 is 0 Å². The molecule has 0 aliphatic rings. The molecule has 2 aromatic heterocycles. The first-order chi connectivity index (χ1) is 12.1. The molecule has 126 valence electrons. The lowest BCUT2D eigenvalue weighted by Crippen LogP contribution is -2.00. The Morgan fingerprint density at radius 1 is 1.08 bits per heavy atom. The van der Waals surface area contributed by atoms with Crippen LogP contribution in [0, 0.1) is 18.3 Å². The fourth-order valence-corrected chi connectivity index (χ4v) is 2.60. The van der Waals surface area contributed by atoms with E-state index in [0.29, 0.717) is 34.1 Å². The maximum atomic E-state index is 9.43. The Labute approximate surface area is 145 Å². The van der Waals surface area contributed by atoms with Crippen molar-refractivity contribution in [1.82, 2.24) is 4.98 Å². The number of methoxy groups -OCH3 is 2. The highest BCUT2D eigenvalue weighted by molar-refractivity contribution is 5.78. The van der Waals surface area contributed by atoms with Crippen LogP contribution in [0.1, 0.15) is 11.3 Å². The Hall–Kier alpha value is -3.46. The van der Waals surface area contributed by atoms with Crippen LogP contribution in [0.25, 0.3) is 22.6 Å². The Morgan fingerprint density at radius 2 is 1.84 bits per heavy atom. The van der Waals surface area contributed by atoms with E-state index >= 15 is 0 Å². The second-order valence-electron chi connectivity index (χ2n) is 5.41. The Morgan fingerprint density at radius 3 is 2.44 bits per heavy atom. The van der Waals surface area contributed by atoms with Gasteiger partial charge in [0.1, 0.15) is 29.0 Å². The van der Waals surface area contributed by atoms with Gasteiger partial charge in [-0.3, -0.25) is 0 Å². The van der Waals surface area contributed by atoms with Gasteiger partial charge >= 0.3 is 0 Å². The second-order valence-corrected chi connectivity index (χ2v) is 5.41. The number of anilines is 1. The van der Waals surface area contributed by atoms with Crippen LogP contribution in [0.15, 0.2) is 40.8 Å². The molecule has 0 saturated carbocycles. The summed E-state index contributed by atoms with van der Waals surface area (Å²) in [4.78, 5) is 4.36. The molecule has 1 aromatic carbocycles. The number of nitriles is 1. The highest BCUT2D eigenvalue weighted by Gasteiger charge is 2.16. The number of hydrogen-bond acceptors (Lipinski definition) is 6. The molecule has 0 atom stereocenters. The van der Waals surface area contributed by atoms with Crippen LogP contribution >= 0.6 is 0 Å². The van der Waals surface area contributed by atoms with Gasteiger partial charge in [0.25, 0.3) is 0 Å². The molecular weight excluding hydrogens is 318 g/mol. The molecule has 0 bridgehead atoms. The highest BCUT2D eigenvalue weighted by Crippen LogP contribution is 2.35. The Bertz CT molecular complexity index is 971. The number of aromatic nitrogens is 1. The van der Waals surface area contributed by atoms with E-state index in [1.54, 1.807) is 26.4 Å². The van der Waals surface area contributed by atoms with Crippen molar-refractivity contribution in [2.45, 2.75) is 6.92 Å². The first-order valence-electron chi connectivity index (χ1n) is 7.57. The lowest BCUT2D eigenvalue weighted by molar-refractivity contribution is 0.355. The molecule has 0 spiro atoms. The molecule has 25 heavy (non-hydrogen) atoms. The molecule has 0 saturated heterocycles. The molecular formula is C19H17N3O3.